The van der Waals surface area contributed by atoms with Gasteiger partial charge in [-0.05, 0) is 17.7 Å². The maximum absolute atomic E-state index is 5.28. The summed E-state index contributed by atoms with van der Waals surface area (Å²) in [5.41, 5.74) is 3.79. The number of aromatic nitrogens is 2. The second kappa shape index (κ2) is 2.83. The molecule has 2 heterocycles. The number of hydrogen-bond donors (Lipinski definition) is 0. The standard InChI is InChI=1S/C12H14N2O/c1-12(6-15-7-12)9-3-4-11-10(5-9)13-8-14(11)2/h3-5,8H,6-7H2,1-2H3. The number of hydrogen-bond acceptors (Lipinski definition) is 2. The minimum absolute atomic E-state index is 0.200. The van der Waals surface area contributed by atoms with Crippen molar-refractivity contribution in [3.63, 3.8) is 0 Å². The SMILES string of the molecule is Cn1cnc2cc(C3(C)COC3)ccc21. The Morgan fingerprint density at radius 1 is 1.40 bits per heavy atom. The minimum Gasteiger partial charge on any atom is -0.379 e. The molecule has 0 N–H and O–H groups in total. The molecule has 1 aromatic carbocycles. The molecule has 0 aliphatic carbocycles. The van der Waals surface area contributed by atoms with Crippen molar-refractivity contribution in [2.24, 2.45) is 7.05 Å². The highest BCUT2D eigenvalue weighted by atomic mass is 16.5. The van der Waals surface area contributed by atoms with E-state index >= 15 is 0 Å². The van der Waals surface area contributed by atoms with Gasteiger partial charge in [0.15, 0.2) is 0 Å². The molecule has 3 rings (SSSR count). The lowest BCUT2D eigenvalue weighted by molar-refractivity contribution is -0.0499. The molecule has 0 radical (unpaired) electrons. The molecule has 0 saturated carbocycles. The third-order valence-corrected chi connectivity index (χ3v) is 3.26. The lowest BCUT2D eigenvalue weighted by Gasteiger charge is -2.38. The van der Waals surface area contributed by atoms with E-state index in [1.165, 1.54) is 11.1 Å². The van der Waals surface area contributed by atoms with E-state index in [1.807, 2.05) is 17.9 Å². The maximum atomic E-state index is 5.28. The van der Waals surface area contributed by atoms with Crippen LogP contribution in [0.4, 0.5) is 0 Å². The van der Waals surface area contributed by atoms with Crippen molar-refractivity contribution in [1.29, 1.82) is 0 Å². The van der Waals surface area contributed by atoms with Gasteiger partial charge in [-0.2, -0.15) is 0 Å². The number of imidazole rings is 1. The molecule has 2 aromatic rings. The average molecular weight is 202 g/mol. The van der Waals surface area contributed by atoms with Crippen molar-refractivity contribution in [3.05, 3.63) is 30.1 Å². The van der Waals surface area contributed by atoms with Gasteiger partial charge in [-0.1, -0.05) is 13.0 Å². The predicted molar refractivity (Wildman–Crippen MR) is 58.9 cm³/mol. The largest absolute Gasteiger partial charge is 0.379 e. The summed E-state index contributed by atoms with van der Waals surface area (Å²) in [6, 6.07) is 6.51. The molecule has 0 amide bonds. The van der Waals surface area contributed by atoms with Crippen LogP contribution in [0.2, 0.25) is 0 Å². The fraction of sp³-hybridized carbons (Fsp3) is 0.417. The van der Waals surface area contributed by atoms with E-state index in [0.29, 0.717) is 0 Å². The van der Waals surface area contributed by atoms with Crippen LogP contribution in [0.25, 0.3) is 11.0 Å². The molecular weight excluding hydrogens is 188 g/mol. The van der Waals surface area contributed by atoms with Crippen molar-refractivity contribution in [2.75, 3.05) is 13.2 Å². The summed E-state index contributed by atoms with van der Waals surface area (Å²) in [6.45, 7) is 3.89. The molecule has 0 bridgehead atoms. The summed E-state index contributed by atoms with van der Waals surface area (Å²) in [4.78, 5) is 4.37. The van der Waals surface area contributed by atoms with Crippen LogP contribution in [0.15, 0.2) is 24.5 Å². The summed E-state index contributed by atoms with van der Waals surface area (Å²) in [7, 11) is 2.02. The molecular formula is C12H14N2O. The monoisotopic (exact) mass is 202 g/mol. The van der Waals surface area contributed by atoms with Gasteiger partial charge in [0.1, 0.15) is 0 Å². The van der Waals surface area contributed by atoms with Gasteiger partial charge in [-0.3, -0.25) is 0 Å². The van der Waals surface area contributed by atoms with Crippen molar-refractivity contribution in [2.45, 2.75) is 12.3 Å². The maximum Gasteiger partial charge on any atom is 0.0955 e. The number of ether oxygens (including phenoxy) is 1. The lowest BCUT2D eigenvalue weighted by atomic mass is 9.81. The zero-order valence-electron chi connectivity index (χ0n) is 9.03. The molecule has 1 aliphatic heterocycles. The first kappa shape index (κ1) is 8.92. The zero-order valence-corrected chi connectivity index (χ0v) is 9.03. The molecule has 3 nitrogen and oxygen atoms in total. The second-order valence-corrected chi connectivity index (χ2v) is 4.61. The van der Waals surface area contributed by atoms with Crippen LogP contribution >= 0.6 is 0 Å². The highest BCUT2D eigenvalue weighted by Gasteiger charge is 2.35. The summed E-state index contributed by atoms with van der Waals surface area (Å²) in [5.74, 6) is 0. The van der Waals surface area contributed by atoms with Crippen LogP contribution < -0.4 is 0 Å². The molecule has 0 spiro atoms. The first-order chi connectivity index (χ1) is 7.19. The van der Waals surface area contributed by atoms with Crippen LogP contribution in [0.3, 0.4) is 0 Å². The van der Waals surface area contributed by atoms with Crippen molar-refractivity contribution in [3.8, 4) is 0 Å². The van der Waals surface area contributed by atoms with Gasteiger partial charge in [0, 0.05) is 12.5 Å². The Morgan fingerprint density at radius 2 is 2.20 bits per heavy atom. The average Bonchev–Trinajstić information content (AvgIpc) is 2.56. The number of aryl methyl sites for hydroxylation is 1. The van der Waals surface area contributed by atoms with Crippen LogP contribution in [0.5, 0.6) is 0 Å². The smallest absolute Gasteiger partial charge is 0.0955 e. The van der Waals surface area contributed by atoms with Gasteiger partial charge in [0.05, 0.1) is 30.6 Å². The third-order valence-electron chi connectivity index (χ3n) is 3.26. The summed E-state index contributed by atoms with van der Waals surface area (Å²) in [5, 5.41) is 0. The Balaban J connectivity index is 2.14. The van der Waals surface area contributed by atoms with Gasteiger partial charge >= 0.3 is 0 Å². The number of nitrogens with zero attached hydrogens (tertiary/aromatic N) is 2. The highest BCUT2D eigenvalue weighted by Crippen LogP contribution is 2.32. The van der Waals surface area contributed by atoms with Crippen LogP contribution in [0, 0.1) is 0 Å². The molecule has 1 fully saturated rings. The summed E-state index contributed by atoms with van der Waals surface area (Å²) >= 11 is 0. The quantitative estimate of drug-likeness (QED) is 0.705. The molecule has 0 atom stereocenters. The topological polar surface area (TPSA) is 27.1 Å². The highest BCUT2D eigenvalue weighted by molar-refractivity contribution is 5.76. The van der Waals surface area contributed by atoms with E-state index in [9.17, 15) is 0 Å². The Hall–Kier alpha value is -1.35. The Kier molecular flexibility index (Phi) is 1.68. The van der Waals surface area contributed by atoms with E-state index in [2.05, 4.69) is 30.1 Å². The molecule has 15 heavy (non-hydrogen) atoms. The van der Waals surface area contributed by atoms with E-state index in [4.69, 9.17) is 4.74 Å². The molecule has 0 unspecified atom stereocenters. The van der Waals surface area contributed by atoms with Crippen molar-refractivity contribution < 1.29 is 4.74 Å². The van der Waals surface area contributed by atoms with Crippen LogP contribution in [-0.2, 0) is 17.2 Å². The molecule has 3 heteroatoms. The molecule has 1 aromatic heterocycles. The van der Waals surface area contributed by atoms with E-state index < -0.39 is 0 Å². The predicted octanol–water partition coefficient (Wildman–Crippen LogP) is 1.86. The molecule has 78 valence electrons. The lowest BCUT2D eigenvalue weighted by Crippen LogP contribution is -2.43. The fourth-order valence-corrected chi connectivity index (χ4v) is 2.09. The minimum atomic E-state index is 0.200. The van der Waals surface area contributed by atoms with Crippen molar-refractivity contribution >= 4 is 11.0 Å². The van der Waals surface area contributed by atoms with Gasteiger partial charge < -0.3 is 9.30 Å². The Morgan fingerprint density at radius 3 is 2.87 bits per heavy atom. The fourth-order valence-electron chi connectivity index (χ4n) is 2.09. The second-order valence-electron chi connectivity index (χ2n) is 4.61. The summed E-state index contributed by atoms with van der Waals surface area (Å²) < 4.78 is 7.32. The molecule has 1 saturated heterocycles. The van der Waals surface area contributed by atoms with Crippen molar-refractivity contribution in [1.82, 2.24) is 9.55 Å². The Bertz CT molecular complexity index is 511. The zero-order chi connectivity index (χ0) is 10.5. The number of fused-ring (bicyclic) bond motifs is 1. The molecule has 1 aliphatic rings. The van der Waals surface area contributed by atoms with E-state index in [0.717, 1.165) is 18.7 Å². The van der Waals surface area contributed by atoms with Crippen LogP contribution in [-0.4, -0.2) is 22.8 Å². The third kappa shape index (κ3) is 1.20. The van der Waals surface area contributed by atoms with Crippen LogP contribution in [0.1, 0.15) is 12.5 Å². The van der Waals surface area contributed by atoms with E-state index in [1.54, 1.807) is 0 Å². The van der Waals surface area contributed by atoms with E-state index in [-0.39, 0.29) is 5.41 Å². The number of rotatable bonds is 1. The normalized spacial score (nSPS) is 19.1. The van der Waals surface area contributed by atoms with Gasteiger partial charge in [-0.25, -0.2) is 4.98 Å². The van der Waals surface area contributed by atoms with Gasteiger partial charge in [0.25, 0.3) is 0 Å². The van der Waals surface area contributed by atoms with Gasteiger partial charge in [0.2, 0.25) is 0 Å². The Labute approximate surface area is 88.7 Å². The van der Waals surface area contributed by atoms with Gasteiger partial charge in [-0.15, -0.1) is 0 Å². The number of benzene rings is 1. The summed E-state index contributed by atoms with van der Waals surface area (Å²) in [6.07, 6.45) is 1.86. The first-order valence-electron chi connectivity index (χ1n) is 5.18. The first-order valence-corrected chi connectivity index (χ1v) is 5.18.